The van der Waals surface area contributed by atoms with Crippen LogP contribution in [0.3, 0.4) is 0 Å². The van der Waals surface area contributed by atoms with Gasteiger partial charge in [0.15, 0.2) is 9.84 Å². The molecule has 0 aliphatic carbocycles. The number of aryl methyl sites for hydroxylation is 2. The minimum Gasteiger partial charge on any atom is -0.337 e. The fourth-order valence-electron chi connectivity index (χ4n) is 3.44. The normalized spacial score (nSPS) is 18.3. The predicted octanol–water partition coefficient (Wildman–Crippen LogP) is 2.36. The van der Waals surface area contributed by atoms with Gasteiger partial charge >= 0.3 is 0 Å². The Kier molecular flexibility index (Phi) is 5.46. The monoisotopic (exact) mass is 388 g/mol. The maximum Gasteiger partial charge on any atom is 0.274 e. The Hall–Kier alpha value is -2.48. The summed E-state index contributed by atoms with van der Waals surface area (Å²) in [7, 11) is -3.01. The second-order valence-corrected chi connectivity index (χ2v) is 9.14. The molecule has 0 bridgehead atoms. The summed E-state index contributed by atoms with van der Waals surface area (Å²) < 4.78 is 23.6. The topological polar surface area (TPSA) is 92.3 Å². The number of carbonyl (C=O) groups excluding carboxylic acids is 1. The van der Waals surface area contributed by atoms with Crippen molar-refractivity contribution in [2.45, 2.75) is 33.2 Å². The Morgan fingerprint density at radius 1 is 1.26 bits per heavy atom. The van der Waals surface area contributed by atoms with Crippen molar-refractivity contribution in [3.05, 3.63) is 47.3 Å². The van der Waals surface area contributed by atoms with Crippen LogP contribution in [0.4, 0.5) is 11.6 Å². The average Bonchev–Trinajstić information content (AvgIpc) is 2.94. The maximum atomic E-state index is 12.6. The van der Waals surface area contributed by atoms with Gasteiger partial charge in [0.2, 0.25) is 5.95 Å². The van der Waals surface area contributed by atoms with E-state index in [2.05, 4.69) is 15.3 Å². The molecule has 144 valence electrons. The van der Waals surface area contributed by atoms with Gasteiger partial charge in [-0.2, -0.15) is 0 Å². The average molecular weight is 388 g/mol. The number of benzene rings is 1. The first-order chi connectivity index (χ1) is 12.8. The minimum atomic E-state index is -3.01. The second kappa shape index (κ2) is 7.64. The van der Waals surface area contributed by atoms with Crippen LogP contribution in [0.1, 0.15) is 35.0 Å². The first-order valence-corrected chi connectivity index (χ1v) is 10.8. The summed E-state index contributed by atoms with van der Waals surface area (Å²) in [5.41, 5.74) is 3.09. The van der Waals surface area contributed by atoms with Gasteiger partial charge in [0, 0.05) is 24.5 Å². The summed E-state index contributed by atoms with van der Waals surface area (Å²) in [6, 6.07) is 7.23. The molecular formula is C19H24N4O3S. The van der Waals surface area contributed by atoms with Crippen LogP contribution in [-0.2, 0) is 9.84 Å². The number of nitrogens with one attached hydrogen (secondary N) is 1. The van der Waals surface area contributed by atoms with E-state index in [1.165, 1.54) is 6.20 Å². The van der Waals surface area contributed by atoms with Crippen LogP contribution in [0, 0.1) is 13.8 Å². The highest BCUT2D eigenvalue weighted by Gasteiger charge is 2.33. The molecule has 1 atom stereocenters. The van der Waals surface area contributed by atoms with Crippen molar-refractivity contribution >= 4 is 27.4 Å². The fraction of sp³-hybridized carbons (Fsp3) is 0.421. The van der Waals surface area contributed by atoms with E-state index in [4.69, 9.17) is 0 Å². The van der Waals surface area contributed by atoms with E-state index < -0.39 is 9.84 Å². The van der Waals surface area contributed by atoms with Crippen molar-refractivity contribution in [2.24, 2.45) is 0 Å². The smallest absolute Gasteiger partial charge is 0.274 e. The van der Waals surface area contributed by atoms with E-state index in [1.54, 1.807) is 6.07 Å². The highest BCUT2D eigenvalue weighted by molar-refractivity contribution is 7.91. The van der Waals surface area contributed by atoms with Crippen LogP contribution in [0.25, 0.3) is 0 Å². The Labute approximate surface area is 159 Å². The van der Waals surface area contributed by atoms with Crippen molar-refractivity contribution < 1.29 is 13.2 Å². The number of rotatable bonds is 5. The molecule has 1 unspecified atom stereocenters. The maximum absolute atomic E-state index is 12.6. The minimum absolute atomic E-state index is 0.100. The molecule has 3 rings (SSSR count). The molecule has 1 saturated heterocycles. The van der Waals surface area contributed by atoms with E-state index in [1.807, 2.05) is 43.9 Å². The van der Waals surface area contributed by atoms with E-state index in [0.717, 1.165) is 11.1 Å². The zero-order valence-corrected chi connectivity index (χ0v) is 16.6. The molecule has 0 radical (unpaired) electrons. The highest BCUT2D eigenvalue weighted by Crippen LogP contribution is 2.22. The molecular weight excluding hydrogens is 364 g/mol. The molecule has 1 N–H and O–H groups in total. The highest BCUT2D eigenvalue weighted by atomic mass is 32.2. The van der Waals surface area contributed by atoms with Crippen molar-refractivity contribution in [1.82, 2.24) is 9.97 Å². The summed E-state index contributed by atoms with van der Waals surface area (Å²) >= 11 is 0. The summed E-state index contributed by atoms with van der Waals surface area (Å²) in [4.78, 5) is 23.1. The Bertz CT molecular complexity index is 939. The number of amides is 1. The molecule has 0 saturated carbocycles. The fourth-order valence-corrected chi connectivity index (χ4v) is 5.17. The third kappa shape index (κ3) is 4.63. The number of sulfone groups is 1. The molecule has 1 fully saturated rings. The third-order valence-electron chi connectivity index (χ3n) is 4.60. The lowest BCUT2D eigenvalue weighted by atomic mass is 10.1. The summed E-state index contributed by atoms with van der Waals surface area (Å²) in [6.45, 7) is 6.44. The predicted molar refractivity (Wildman–Crippen MR) is 106 cm³/mol. The van der Waals surface area contributed by atoms with Crippen LogP contribution >= 0.6 is 0 Å². The van der Waals surface area contributed by atoms with Gasteiger partial charge in [0.1, 0.15) is 5.69 Å². The molecule has 27 heavy (non-hydrogen) atoms. The molecule has 8 heteroatoms. The van der Waals surface area contributed by atoms with Gasteiger partial charge in [-0.05, 0) is 56.5 Å². The SMILES string of the molecule is CCN(c1nccc(C(=O)Nc2cc(C)cc(C)c2)n1)C1CCS(=O)(=O)C1. The Balaban J connectivity index is 1.80. The van der Waals surface area contributed by atoms with E-state index in [-0.39, 0.29) is 29.1 Å². The van der Waals surface area contributed by atoms with Gasteiger partial charge in [-0.1, -0.05) is 6.07 Å². The zero-order chi connectivity index (χ0) is 19.6. The third-order valence-corrected chi connectivity index (χ3v) is 6.35. The van der Waals surface area contributed by atoms with Crippen LogP contribution in [0.5, 0.6) is 0 Å². The van der Waals surface area contributed by atoms with Gasteiger partial charge in [-0.3, -0.25) is 4.79 Å². The largest absolute Gasteiger partial charge is 0.337 e. The van der Waals surface area contributed by atoms with Gasteiger partial charge in [0.25, 0.3) is 5.91 Å². The standard InChI is InChI=1S/C19H24N4O3S/c1-4-23(16-6-8-27(25,26)12-16)19-20-7-5-17(22-19)18(24)21-15-10-13(2)9-14(3)11-15/h5,7,9-11,16H,4,6,8,12H2,1-3H3,(H,21,24). The molecule has 0 spiro atoms. The molecule has 1 aromatic heterocycles. The van der Waals surface area contributed by atoms with Gasteiger partial charge < -0.3 is 10.2 Å². The lowest BCUT2D eigenvalue weighted by Crippen LogP contribution is -2.37. The van der Waals surface area contributed by atoms with E-state index >= 15 is 0 Å². The Morgan fingerprint density at radius 2 is 1.96 bits per heavy atom. The summed E-state index contributed by atoms with van der Waals surface area (Å²) in [5.74, 6) is 0.343. The summed E-state index contributed by atoms with van der Waals surface area (Å²) in [5, 5.41) is 2.86. The van der Waals surface area contributed by atoms with Crippen LogP contribution < -0.4 is 10.2 Å². The van der Waals surface area contributed by atoms with Crippen molar-refractivity contribution in [2.75, 3.05) is 28.3 Å². The number of anilines is 2. The van der Waals surface area contributed by atoms with Crippen molar-refractivity contribution in [3.63, 3.8) is 0 Å². The molecule has 1 amide bonds. The molecule has 7 nitrogen and oxygen atoms in total. The first kappa shape index (κ1) is 19.3. The number of hydrogen-bond donors (Lipinski definition) is 1. The quantitative estimate of drug-likeness (QED) is 0.845. The van der Waals surface area contributed by atoms with E-state index in [0.29, 0.717) is 24.6 Å². The number of aromatic nitrogens is 2. The number of hydrogen-bond acceptors (Lipinski definition) is 6. The molecule has 2 aromatic rings. The molecule has 1 aliphatic rings. The second-order valence-electron chi connectivity index (χ2n) is 6.92. The first-order valence-electron chi connectivity index (χ1n) is 8.97. The van der Waals surface area contributed by atoms with Crippen molar-refractivity contribution in [3.8, 4) is 0 Å². The van der Waals surface area contributed by atoms with E-state index in [9.17, 15) is 13.2 Å². The molecule has 1 aromatic carbocycles. The lowest BCUT2D eigenvalue weighted by molar-refractivity contribution is 0.102. The van der Waals surface area contributed by atoms with Gasteiger partial charge in [-0.25, -0.2) is 18.4 Å². The van der Waals surface area contributed by atoms with Gasteiger partial charge in [-0.15, -0.1) is 0 Å². The lowest BCUT2D eigenvalue weighted by Gasteiger charge is -2.26. The molecule has 2 heterocycles. The van der Waals surface area contributed by atoms with Gasteiger partial charge in [0.05, 0.1) is 11.5 Å². The van der Waals surface area contributed by atoms with Crippen LogP contribution in [-0.4, -0.2) is 48.4 Å². The number of carbonyl (C=O) groups is 1. The number of nitrogens with zero attached hydrogens (tertiary/aromatic N) is 3. The van der Waals surface area contributed by atoms with Crippen LogP contribution in [0.15, 0.2) is 30.5 Å². The zero-order valence-electron chi connectivity index (χ0n) is 15.8. The van der Waals surface area contributed by atoms with Crippen molar-refractivity contribution in [1.29, 1.82) is 0 Å². The molecule has 1 aliphatic heterocycles. The van der Waals surface area contributed by atoms with Crippen LogP contribution in [0.2, 0.25) is 0 Å². The Morgan fingerprint density at radius 3 is 2.56 bits per heavy atom. The summed E-state index contributed by atoms with van der Waals surface area (Å²) in [6.07, 6.45) is 2.09.